The van der Waals surface area contributed by atoms with Crippen molar-refractivity contribution in [2.45, 2.75) is 37.7 Å². The van der Waals surface area contributed by atoms with Crippen molar-refractivity contribution in [3.63, 3.8) is 0 Å². The van der Waals surface area contributed by atoms with Crippen LogP contribution in [-0.4, -0.2) is 62.5 Å². The maximum Gasteiger partial charge on any atom is 0.472 e. The highest BCUT2D eigenvalue weighted by molar-refractivity contribution is 7.47. The lowest BCUT2D eigenvalue weighted by Gasteiger charge is -2.22. The zero-order chi connectivity index (χ0) is 13.8. The fourth-order valence-electron chi connectivity index (χ4n) is 1.59. The van der Waals surface area contributed by atoms with Crippen LogP contribution in [0.3, 0.4) is 0 Å². The summed E-state index contributed by atoms with van der Waals surface area (Å²) in [5.41, 5.74) is 0. The molecule has 2 unspecified atom stereocenters. The molecule has 9 heteroatoms. The van der Waals surface area contributed by atoms with Crippen LogP contribution in [0.2, 0.25) is 0 Å². The molecule has 1 aliphatic heterocycles. The number of rotatable bonds is 7. The van der Waals surface area contributed by atoms with Gasteiger partial charge >= 0.3 is 7.82 Å². The molecule has 0 aromatic carbocycles. The average Bonchev–Trinajstić information content (AvgIpc) is 2.55. The quantitative estimate of drug-likeness (QED) is 0.492. The highest BCUT2D eigenvalue weighted by Crippen LogP contribution is 2.47. The largest absolute Gasteiger partial charge is 0.472 e. The SMILES string of the molecule is [B][C@@H]1O[C@H](COC)[C@H](OP(=O)(O)OCCC)C1O. The lowest BCUT2D eigenvalue weighted by Crippen LogP contribution is -2.36. The first-order chi connectivity index (χ1) is 8.41. The summed E-state index contributed by atoms with van der Waals surface area (Å²) < 4.78 is 31.2. The molecule has 0 amide bonds. The van der Waals surface area contributed by atoms with Gasteiger partial charge in [-0.15, -0.1) is 0 Å². The van der Waals surface area contributed by atoms with Crippen molar-refractivity contribution in [3.8, 4) is 0 Å². The van der Waals surface area contributed by atoms with E-state index in [2.05, 4.69) is 0 Å². The van der Waals surface area contributed by atoms with E-state index < -0.39 is 32.1 Å². The summed E-state index contributed by atoms with van der Waals surface area (Å²) in [6.07, 6.45) is -2.42. The Balaban J connectivity index is 2.64. The Hall–Kier alpha value is 0.0549. The summed E-state index contributed by atoms with van der Waals surface area (Å²) in [7, 11) is 2.69. The summed E-state index contributed by atoms with van der Waals surface area (Å²) in [5, 5.41) is 9.72. The van der Waals surface area contributed by atoms with E-state index in [9.17, 15) is 14.6 Å². The van der Waals surface area contributed by atoms with Gasteiger partial charge in [-0.25, -0.2) is 4.57 Å². The van der Waals surface area contributed by atoms with Gasteiger partial charge < -0.3 is 19.5 Å². The minimum atomic E-state index is -4.23. The third kappa shape index (κ3) is 4.31. The topological polar surface area (TPSA) is 94.5 Å². The summed E-state index contributed by atoms with van der Waals surface area (Å²) >= 11 is 0. The predicted octanol–water partition coefficient (Wildman–Crippen LogP) is -0.201. The van der Waals surface area contributed by atoms with E-state index in [0.717, 1.165) is 0 Å². The maximum atomic E-state index is 11.6. The van der Waals surface area contributed by atoms with Crippen LogP contribution in [0.4, 0.5) is 0 Å². The molecule has 5 atom stereocenters. The molecule has 0 aromatic rings. The standard InChI is InChI=1S/C9H18BO7P/c1-3-4-15-18(12,13)17-8-6(5-14-2)16-9(10)7(8)11/h6-9,11H,3-5H2,1-2H3,(H,12,13)/t6-,7?,8+,9-/m1/s1. The van der Waals surface area contributed by atoms with Gasteiger partial charge in [0, 0.05) is 13.1 Å². The number of aliphatic hydroxyl groups excluding tert-OH is 1. The zero-order valence-electron chi connectivity index (χ0n) is 10.4. The molecular weight excluding hydrogens is 262 g/mol. The average molecular weight is 280 g/mol. The van der Waals surface area contributed by atoms with Gasteiger partial charge in [0.25, 0.3) is 0 Å². The molecule has 0 aromatic heterocycles. The van der Waals surface area contributed by atoms with Crippen LogP contribution in [0.25, 0.3) is 0 Å². The first-order valence-electron chi connectivity index (χ1n) is 5.65. The van der Waals surface area contributed by atoms with Crippen molar-refractivity contribution in [1.29, 1.82) is 0 Å². The van der Waals surface area contributed by atoms with Crippen molar-refractivity contribution >= 4 is 15.7 Å². The molecule has 0 spiro atoms. The normalized spacial score (nSPS) is 35.6. The van der Waals surface area contributed by atoms with E-state index >= 15 is 0 Å². The molecule has 1 rings (SSSR count). The Bertz CT molecular complexity index is 303. The number of phosphoric acid groups is 1. The number of hydrogen-bond acceptors (Lipinski definition) is 6. The van der Waals surface area contributed by atoms with Gasteiger partial charge in [0.05, 0.1) is 13.2 Å². The van der Waals surface area contributed by atoms with Crippen LogP contribution < -0.4 is 0 Å². The van der Waals surface area contributed by atoms with Gasteiger partial charge in [0.1, 0.15) is 26.2 Å². The maximum absolute atomic E-state index is 11.6. The number of phosphoric ester groups is 1. The molecule has 1 saturated heterocycles. The minimum Gasteiger partial charge on any atom is -0.388 e. The number of aliphatic hydroxyl groups is 1. The second-order valence-corrected chi connectivity index (χ2v) is 5.36. The molecular formula is C9H18BO7P. The number of methoxy groups -OCH3 is 1. The zero-order valence-corrected chi connectivity index (χ0v) is 11.3. The molecule has 18 heavy (non-hydrogen) atoms. The van der Waals surface area contributed by atoms with Gasteiger partial charge in [0.2, 0.25) is 0 Å². The number of ether oxygens (including phenoxy) is 2. The van der Waals surface area contributed by atoms with E-state index in [0.29, 0.717) is 6.42 Å². The highest BCUT2D eigenvalue weighted by atomic mass is 31.2. The molecule has 2 N–H and O–H groups in total. The molecule has 1 heterocycles. The summed E-state index contributed by atoms with van der Waals surface area (Å²) in [4.78, 5) is 9.46. The molecule has 1 fully saturated rings. The Morgan fingerprint density at radius 3 is 2.72 bits per heavy atom. The summed E-state index contributed by atoms with van der Waals surface area (Å²) in [6, 6.07) is -0.985. The smallest absolute Gasteiger partial charge is 0.388 e. The Kier molecular flexibility index (Phi) is 6.27. The summed E-state index contributed by atoms with van der Waals surface area (Å²) in [5.74, 6) is 0. The lowest BCUT2D eigenvalue weighted by atomic mass is 9.93. The van der Waals surface area contributed by atoms with Gasteiger partial charge in [-0.2, -0.15) is 0 Å². The van der Waals surface area contributed by atoms with Gasteiger partial charge in [-0.05, 0) is 6.42 Å². The monoisotopic (exact) mass is 280 g/mol. The molecule has 1 aliphatic rings. The van der Waals surface area contributed by atoms with E-state index in [1.165, 1.54) is 7.11 Å². The molecule has 2 radical (unpaired) electrons. The van der Waals surface area contributed by atoms with Crippen LogP contribution in [0, 0.1) is 0 Å². The predicted molar refractivity (Wildman–Crippen MR) is 63.2 cm³/mol. The number of hydrogen-bond donors (Lipinski definition) is 2. The van der Waals surface area contributed by atoms with Crippen LogP contribution in [0.15, 0.2) is 0 Å². The Morgan fingerprint density at radius 2 is 2.17 bits per heavy atom. The van der Waals surface area contributed by atoms with Crippen molar-refractivity contribution < 1.29 is 33.1 Å². The molecule has 7 nitrogen and oxygen atoms in total. The molecule has 104 valence electrons. The van der Waals surface area contributed by atoms with Gasteiger partial charge in [-0.3, -0.25) is 9.05 Å². The van der Waals surface area contributed by atoms with Gasteiger partial charge in [-0.1, -0.05) is 6.92 Å². The fraction of sp³-hybridized carbons (Fsp3) is 1.00. The van der Waals surface area contributed by atoms with Crippen molar-refractivity contribution in [1.82, 2.24) is 0 Å². The Labute approximate surface area is 107 Å². The molecule has 0 bridgehead atoms. The second-order valence-electron chi connectivity index (χ2n) is 3.96. The van der Waals surface area contributed by atoms with Crippen molar-refractivity contribution in [2.75, 3.05) is 20.3 Å². The van der Waals surface area contributed by atoms with Crippen LogP contribution >= 0.6 is 7.82 Å². The van der Waals surface area contributed by atoms with E-state index in [1.807, 2.05) is 0 Å². The molecule has 0 saturated carbocycles. The van der Waals surface area contributed by atoms with E-state index in [1.54, 1.807) is 6.92 Å². The Morgan fingerprint density at radius 1 is 1.50 bits per heavy atom. The minimum absolute atomic E-state index is 0.0818. The van der Waals surface area contributed by atoms with Crippen LogP contribution in [0.5, 0.6) is 0 Å². The molecule has 0 aliphatic carbocycles. The van der Waals surface area contributed by atoms with Crippen LogP contribution in [-0.2, 0) is 23.1 Å². The highest BCUT2D eigenvalue weighted by Gasteiger charge is 2.45. The summed E-state index contributed by atoms with van der Waals surface area (Å²) in [6.45, 7) is 1.96. The lowest BCUT2D eigenvalue weighted by molar-refractivity contribution is -0.0238. The third-order valence-corrected chi connectivity index (χ3v) is 3.43. The first kappa shape index (κ1) is 16.1. The fourth-order valence-corrected chi connectivity index (χ4v) is 2.63. The second kappa shape index (κ2) is 7.00. The van der Waals surface area contributed by atoms with E-state index in [-0.39, 0.29) is 13.2 Å². The van der Waals surface area contributed by atoms with Crippen molar-refractivity contribution in [3.05, 3.63) is 0 Å². The van der Waals surface area contributed by atoms with E-state index in [4.69, 9.17) is 26.4 Å². The van der Waals surface area contributed by atoms with Crippen molar-refractivity contribution in [2.24, 2.45) is 0 Å². The first-order valence-corrected chi connectivity index (χ1v) is 7.14. The third-order valence-electron chi connectivity index (χ3n) is 2.42. The van der Waals surface area contributed by atoms with Gasteiger partial charge in [0.15, 0.2) is 0 Å². The van der Waals surface area contributed by atoms with Crippen LogP contribution in [0.1, 0.15) is 13.3 Å².